The maximum absolute atomic E-state index is 8.53. The molecule has 0 saturated carbocycles. The molecule has 4 heteroatoms. The summed E-state index contributed by atoms with van der Waals surface area (Å²) in [4.78, 5) is 7.31. The lowest BCUT2D eigenvalue weighted by molar-refractivity contribution is 1.16. The number of nitriles is 1. The zero-order chi connectivity index (χ0) is 10.7. The molecular formula is C11H8BrN3. The van der Waals surface area contributed by atoms with Crippen molar-refractivity contribution < 1.29 is 0 Å². The summed E-state index contributed by atoms with van der Waals surface area (Å²) in [6.07, 6.45) is 2.06. The molecule has 0 bridgehead atoms. The molecule has 1 aromatic heterocycles. The van der Waals surface area contributed by atoms with Gasteiger partial charge in [0.25, 0.3) is 0 Å². The molecular weight excluding hydrogens is 254 g/mol. The predicted molar refractivity (Wildman–Crippen MR) is 61.0 cm³/mol. The molecule has 2 rings (SSSR count). The second-order valence-corrected chi connectivity index (χ2v) is 4.01. The molecule has 0 aliphatic carbocycles. The molecule has 0 aliphatic heterocycles. The summed E-state index contributed by atoms with van der Waals surface area (Å²) in [5.74, 6) is 0.799. The van der Waals surface area contributed by atoms with Gasteiger partial charge in [-0.05, 0) is 12.1 Å². The first kappa shape index (κ1) is 9.94. The summed E-state index contributed by atoms with van der Waals surface area (Å²) in [7, 11) is 0. The van der Waals surface area contributed by atoms with Gasteiger partial charge in [-0.3, -0.25) is 0 Å². The van der Waals surface area contributed by atoms with E-state index in [1.165, 1.54) is 0 Å². The highest BCUT2D eigenvalue weighted by Gasteiger charge is 2.02. The smallest absolute Gasteiger partial charge is 0.137 e. The van der Waals surface area contributed by atoms with Crippen LogP contribution in [0.5, 0.6) is 0 Å². The van der Waals surface area contributed by atoms with Gasteiger partial charge >= 0.3 is 0 Å². The van der Waals surface area contributed by atoms with Crippen LogP contribution in [0.2, 0.25) is 0 Å². The monoisotopic (exact) mass is 261 g/mol. The summed E-state index contributed by atoms with van der Waals surface area (Å²) in [6.45, 7) is 0. The predicted octanol–water partition coefficient (Wildman–Crippen LogP) is 2.91. The molecule has 0 amide bonds. The van der Waals surface area contributed by atoms with Gasteiger partial charge in [0.2, 0.25) is 0 Å². The number of aromatic amines is 1. The Morgan fingerprint density at radius 1 is 1.33 bits per heavy atom. The van der Waals surface area contributed by atoms with E-state index in [-0.39, 0.29) is 0 Å². The van der Waals surface area contributed by atoms with E-state index < -0.39 is 0 Å². The van der Waals surface area contributed by atoms with Gasteiger partial charge in [-0.15, -0.1) is 0 Å². The van der Waals surface area contributed by atoms with E-state index in [9.17, 15) is 0 Å². The van der Waals surface area contributed by atoms with Crippen LogP contribution in [0.3, 0.4) is 0 Å². The summed E-state index contributed by atoms with van der Waals surface area (Å²) in [5, 5.41) is 8.53. The van der Waals surface area contributed by atoms with Crippen LogP contribution in [0, 0.1) is 11.3 Å². The van der Waals surface area contributed by atoms with Crippen molar-refractivity contribution in [2.45, 2.75) is 6.42 Å². The summed E-state index contributed by atoms with van der Waals surface area (Å²) in [5.41, 5.74) is 1.86. The second-order valence-electron chi connectivity index (χ2n) is 3.10. The Hall–Kier alpha value is -1.60. The van der Waals surface area contributed by atoms with Crippen molar-refractivity contribution in [1.82, 2.24) is 9.97 Å². The fraction of sp³-hybridized carbons (Fsp3) is 0.0909. The lowest BCUT2D eigenvalue weighted by Crippen LogP contribution is -1.82. The molecule has 74 valence electrons. The molecule has 1 N–H and O–H groups in total. The quantitative estimate of drug-likeness (QED) is 0.904. The van der Waals surface area contributed by atoms with Crippen LogP contribution >= 0.6 is 15.9 Å². The van der Waals surface area contributed by atoms with E-state index in [1.807, 2.05) is 24.3 Å². The van der Waals surface area contributed by atoms with Crippen LogP contribution in [-0.4, -0.2) is 9.97 Å². The average Bonchev–Trinajstić information content (AvgIpc) is 2.68. The number of aromatic nitrogens is 2. The SMILES string of the molecule is N#CCc1cnc(-c2ccc(Br)cc2)[nH]1. The number of nitrogens with zero attached hydrogens (tertiary/aromatic N) is 2. The van der Waals surface area contributed by atoms with Crippen LogP contribution in [0.15, 0.2) is 34.9 Å². The maximum atomic E-state index is 8.53. The van der Waals surface area contributed by atoms with Crippen molar-refractivity contribution in [2.24, 2.45) is 0 Å². The van der Waals surface area contributed by atoms with Gasteiger partial charge in [-0.25, -0.2) is 4.98 Å². The molecule has 1 heterocycles. The molecule has 0 saturated heterocycles. The Morgan fingerprint density at radius 3 is 2.73 bits per heavy atom. The Morgan fingerprint density at radius 2 is 2.07 bits per heavy atom. The zero-order valence-electron chi connectivity index (χ0n) is 7.87. The van der Waals surface area contributed by atoms with Crippen molar-refractivity contribution in [1.29, 1.82) is 5.26 Å². The lowest BCUT2D eigenvalue weighted by atomic mass is 10.2. The molecule has 2 aromatic rings. The van der Waals surface area contributed by atoms with Crippen LogP contribution in [0.4, 0.5) is 0 Å². The van der Waals surface area contributed by atoms with E-state index in [4.69, 9.17) is 5.26 Å². The number of hydrogen-bond acceptors (Lipinski definition) is 2. The fourth-order valence-electron chi connectivity index (χ4n) is 1.29. The summed E-state index contributed by atoms with van der Waals surface area (Å²) >= 11 is 3.37. The number of rotatable bonds is 2. The average molecular weight is 262 g/mol. The Bertz CT molecular complexity index is 493. The highest BCUT2D eigenvalue weighted by atomic mass is 79.9. The van der Waals surface area contributed by atoms with Crippen LogP contribution < -0.4 is 0 Å². The van der Waals surface area contributed by atoms with Crippen LogP contribution in [0.1, 0.15) is 5.69 Å². The molecule has 3 nitrogen and oxygen atoms in total. The Balaban J connectivity index is 2.30. The maximum Gasteiger partial charge on any atom is 0.137 e. The number of benzene rings is 1. The number of H-pyrrole nitrogens is 1. The molecule has 0 unspecified atom stereocenters. The van der Waals surface area contributed by atoms with Gasteiger partial charge in [0.05, 0.1) is 12.5 Å². The van der Waals surface area contributed by atoms with Crippen molar-refractivity contribution in [3.63, 3.8) is 0 Å². The minimum absolute atomic E-state index is 0.365. The normalized spacial score (nSPS) is 9.87. The van der Waals surface area contributed by atoms with Crippen molar-refractivity contribution in [3.8, 4) is 17.5 Å². The number of hydrogen-bond donors (Lipinski definition) is 1. The number of halogens is 1. The Kier molecular flexibility index (Phi) is 2.84. The highest BCUT2D eigenvalue weighted by molar-refractivity contribution is 9.10. The van der Waals surface area contributed by atoms with Gasteiger partial charge in [0.1, 0.15) is 5.82 Å². The zero-order valence-corrected chi connectivity index (χ0v) is 9.45. The minimum atomic E-state index is 0.365. The van der Waals surface area contributed by atoms with E-state index in [1.54, 1.807) is 6.20 Å². The summed E-state index contributed by atoms with van der Waals surface area (Å²) < 4.78 is 1.04. The minimum Gasteiger partial charge on any atom is -0.341 e. The molecule has 1 aromatic carbocycles. The van der Waals surface area contributed by atoms with Gasteiger partial charge in [0.15, 0.2) is 0 Å². The van der Waals surface area contributed by atoms with E-state index in [2.05, 4.69) is 32.0 Å². The van der Waals surface area contributed by atoms with Gasteiger partial charge in [0, 0.05) is 21.9 Å². The standard InChI is InChI=1S/C11H8BrN3/c12-9-3-1-8(2-4-9)11-14-7-10(15-11)5-6-13/h1-4,7H,5H2,(H,14,15). The molecule has 0 fully saturated rings. The third-order valence-corrected chi connectivity index (χ3v) is 2.54. The van der Waals surface area contributed by atoms with Gasteiger partial charge in [-0.2, -0.15) is 5.26 Å². The molecule has 0 spiro atoms. The molecule has 15 heavy (non-hydrogen) atoms. The number of nitrogens with one attached hydrogen (secondary N) is 1. The van der Waals surface area contributed by atoms with Gasteiger partial charge < -0.3 is 4.98 Å². The van der Waals surface area contributed by atoms with E-state index in [0.717, 1.165) is 21.6 Å². The third kappa shape index (κ3) is 2.25. The lowest BCUT2D eigenvalue weighted by Gasteiger charge is -1.96. The summed E-state index contributed by atoms with van der Waals surface area (Å²) in [6, 6.07) is 9.94. The van der Waals surface area contributed by atoms with Gasteiger partial charge in [-0.1, -0.05) is 28.1 Å². The first-order valence-electron chi connectivity index (χ1n) is 4.46. The first-order valence-corrected chi connectivity index (χ1v) is 5.25. The molecule has 0 radical (unpaired) electrons. The molecule has 0 atom stereocenters. The third-order valence-electron chi connectivity index (χ3n) is 2.02. The van der Waals surface area contributed by atoms with Crippen LogP contribution in [-0.2, 0) is 6.42 Å². The number of imidazole rings is 1. The van der Waals surface area contributed by atoms with Crippen molar-refractivity contribution >= 4 is 15.9 Å². The topological polar surface area (TPSA) is 52.5 Å². The van der Waals surface area contributed by atoms with Crippen molar-refractivity contribution in [2.75, 3.05) is 0 Å². The largest absolute Gasteiger partial charge is 0.341 e. The first-order chi connectivity index (χ1) is 7.29. The Labute approximate surface area is 95.9 Å². The van der Waals surface area contributed by atoms with Crippen molar-refractivity contribution in [3.05, 3.63) is 40.6 Å². The highest BCUT2D eigenvalue weighted by Crippen LogP contribution is 2.18. The fourth-order valence-corrected chi connectivity index (χ4v) is 1.55. The second kappa shape index (κ2) is 4.28. The van der Waals surface area contributed by atoms with E-state index in [0.29, 0.717) is 6.42 Å². The molecule has 0 aliphatic rings. The van der Waals surface area contributed by atoms with E-state index >= 15 is 0 Å². The van der Waals surface area contributed by atoms with Crippen LogP contribution in [0.25, 0.3) is 11.4 Å².